The van der Waals surface area contributed by atoms with Gasteiger partial charge in [-0.3, -0.25) is 0 Å². The molecule has 0 aliphatic carbocycles. The molecule has 0 saturated carbocycles. The number of hydrogen-bond donors (Lipinski definition) is 0. The highest BCUT2D eigenvalue weighted by Gasteiger charge is 2.16. The van der Waals surface area contributed by atoms with Crippen LogP contribution in [0.15, 0.2) is 18.2 Å². The number of rotatable bonds is 4. The summed E-state index contributed by atoms with van der Waals surface area (Å²) < 4.78 is 53.4. The van der Waals surface area contributed by atoms with Gasteiger partial charge in [0.05, 0.1) is 12.5 Å². The standard InChI is InChI=1S/C9H12O6S2/c1-7-5-4-6-8(14-16(2,10)11)9(7)15-17(3,12)13/h4-6H,1-3H3. The number of aryl methyl sites for hydroxylation is 1. The van der Waals surface area contributed by atoms with Crippen LogP contribution in [0.5, 0.6) is 11.5 Å². The molecule has 0 fully saturated rings. The Hall–Kier alpha value is -1.28. The molecule has 8 heteroatoms. The summed E-state index contributed by atoms with van der Waals surface area (Å²) in [6.07, 6.45) is 1.73. The predicted molar refractivity (Wildman–Crippen MR) is 62.1 cm³/mol. The van der Waals surface area contributed by atoms with Crippen molar-refractivity contribution >= 4 is 20.2 Å². The smallest absolute Gasteiger partial charge is 0.306 e. The molecule has 0 aliphatic rings. The molecule has 6 nitrogen and oxygen atoms in total. The van der Waals surface area contributed by atoms with Gasteiger partial charge in [-0.05, 0) is 18.6 Å². The van der Waals surface area contributed by atoms with Crippen LogP contribution in [0.1, 0.15) is 5.56 Å². The Morgan fingerprint density at radius 2 is 1.47 bits per heavy atom. The average molecular weight is 280 g/mol. The Morgan fingerprint density at radius 3 is 1.94 bits per heavy atom. The zero-order valence-corrected chi connectivity index (χ0v) is 11.1. The van der Waals surface area contributed by atoms with Crippen LogP contribution >= 0.6 is 0 Å². The first-order valence-corrected chi connectivity index (χ1v) is 8.10. The lowest BCUT2D eigenvalue weighted by Crippen LogP contribution is -2.11. The zero-order chi connectivity index (χ0) is 13.3. The molecule has 0 amide bonds. The Morgan fingerprint density at radius 1 is 0.941 bits per heavy atom. The van der Waals surface area contributed by atoms with E-state index in [1.165, 1.54) is 12.1 Å². The lowest BCUT2D eigenvalue weighted by atomic mass is 10.2. The molecule has 0 aromatic heterocycles. The van der Waals surface area contributed by atoms with E-state index in [9.17, 15) is 16.8 Å². The van der Waals surface area contributed by atoms with Gasteiger partial charge in [0.25, 0.3) is 0 Å². The molecule has 0 atom stereocenters. The number of hydrogen-bond acceptors (Lipinski definition) is 6. The summed E-state index contributed by atoms with van der Waals surface area (Å²) in [6.45, 7) is 1.58. The van der Waals surface area contributed by atoms with Crippen molar-refractivity contribution < 1.29 is 25.2 Å². The van der Waals surface area contributed by atoms with Crippen molar-refractivity contribution in [3.05, 3.63) is 23.8 Å². The van der Waals surface area contributed by atoms with Crippen LogP contribution in [0, 0.1) is 6.92 Å². The summed E-state index contributed by atoms with van der Waals surface area (Å²) >= 11 is 0. The highest BCUT2D eigenvalue weighted by molar-refractivity contribution is 7.86. The van der Waals surface area contributed by atoms with Gasteiger partial charge in [0.1, 0.15) is 0 Å². The van der Waals surface area contributed by atoms with Crippen LogP contribution in [0.4, 0.5) is 0 Å². The maximum Gasteiger partial charge on any atom is 0.306 e. The van der Waals surface area contributed by atoms with Gasteiger partial charge in [-0.25, -0.2) is 0 Å². The van der Waals surface area contributed by atoms with Crippen LogP contribution in [0.3, 0.4) is 0 Å². The molecule has 0 aliphatic heterocycles. The summed E-state index contributed by atoms with van der Waals surface area (Å²) in [4.78, 5) is 0. The summed E-state index contributed by atoms with van der Waals surface area (Å²) in [6, 6.07) is 4.43. The molecule has 0 radical (unpaired) electrons. The summed E-state index contributed by atoms with van der Waals surface area (Å²) in [5.41, 5.74) is 0.455. The zero-order valence-electron chi connectivity index (χ0n) is 9.50. The second-order valence-electron chi connectivity index (χ2n) is 3.48. The minimum absolute atomic E-state index is 0.125. The lowest BCUT2D eigenvalue weighted by Gasteiger charge is -2.11. The van der Waals surface area contributed by atoms with Gasteiger partial charge in [-0.15, -0.1) is 0 Å². The summed E-state index contributed by atoms with van der Waals surface area (Å²) in [5.74, 6) is -0.279. The fraction of sp³-hybridized carbons (Fsp3) is 0.333. The molecular weight excluding hydrogens is 268 g/mol. The second-order valence-corrected chi connectivity index (χ2v) is 6.63. The largest absolute Gasteiger partial charge is 0.379 e. The van der Waals surface area contributed by atoms with Gasteiger partial charge in [-0.1, -0.05) is 12.1 Å². The normalized spacial score (nSPS) is 12.2. The highest BCUT2D eigenvalue weighted by atomic mass is 32.2. The van der Waals surface area contributed by atoms with Crippen molar-refractivity contribution in [1.29, 1.82) is 0 Å². The van der Waals surface area contributed by atoms with Crippen molar-refractivity contribution in [1.82, 2.24) is 0 Å². The van der Waals surface area contributed by atoms with Crippen LogP contribution in [0.2, 0.25) is 0 Å². The fourth-order valence-corrected chi connectivity index (χ4v) is 2.09. The molecule has 0 spiro atoms. The molecule has 0 saturated heterocycles. The van der Waals surface area contributed by atoms with Crippen molar-refractivity contribution in [3.8, 4) is 11.5 Å². The molecule has 0 heterocycles. The monoisotopic (exact) mass is 280 g/mol. The van der Waals surface area contributed by atoms with Crippen LogP contribution in [-0.2, 0) is 20.2 Å². The third kappa shape index (κ3) is 4.61. The van der Waals surface area contributed by atoms with Crippen LogP contribution in [-0.4, -0.2) is 29.3 Å². The van der Waals surface area contributed by atoms with Gasteiger partial charge in [0, 0.05) is 0 Å². The minimum atomic E-state index is -3.75. The molecule has 96 valence electrons. The van der Waals surface area contributed by atoms with Gasteiger partial charge < -0.3 is 8.37 Å². The first-order chi connectivity index (χ1) is 7.58. The maximum atomic E-state index is 11.0. The first kappa shape index (κ1) is 13.8. The van der Waals surface area contributed by atoms with E-state index >= 15 is 0 Å². The fourth-order valence-electron chi connectivity index (χ4n) is 1.11. The minimum Gasteiger partial charge on any atom is -0.379 e. The molecule has 0 N–H and O–H groups in total. The SMILES string of the molecule is Cc1cccc(OS(C)(=O)=O)c1OS(C)(=O)=O. The van der Waals surface area contributed by atoms with Gasteiger partial charge in [0.2, 0.25) is 0 Å². The van der Waals surface area contributed by atoms with E-state index in [0.717, 1.165) is 12.5 Å². The Kier molecular flexibility index (Phi) is 3.68. The van der Waals surface area contributed by atoms with Crippen molar-refractivity contribution in [2.24, 2.45) is 0 Å². The Labute approximate surface area is 100 Å². The molecular formula is C9H12O6S2. The van der Waals surface area contributed by atoms with Gasteiger partial charge in [0.15, 0.2) is 11.5 Å². The quantitative estimate of drug-likeness (QED) is 0.753. The molecule has 17 heavy (non-hydrogen) atoms. The van der Waals surface area contributed by atoms with Crippen molar-refractivity contribution in [2.75, 3.05) is 12.5 Å². The molecule has 1 aromatic rings. The van der Waals surface area contributed by atoms with E-state index in [4.69, 9.17) is 4.18 Å². The molecule has 1 aromatic carbocycles. The van der Waals surface area contributed by atoms with E-state index in [2.05, 4.69) is 4.18 Å². The summed E-state index contributed by atoms with van der Waals surface area (Å²) in [5, 5.41) is 0. The van der Waals surface area contributed by atoms with Gasteiger partial charge in [-0.2, -0.15) is 16.8 Å². The highest BCUT2D eigenvalue weighted by Crippen LogP contribution is 2.32. The summed E-state index contributed by atoms with van der Waals surface area (Å²) in [7, 11) is -7.50. The van der Waals surface area contributed by atoms with E-state index in [-0.39, 0.29) is 11.5 Å². The predicted octanol–water partition coefficient (Wildman–Crippen LogP) is 0.672. The Balaban J connectivity index is 3.27. The third-order valence-corrected chi connectivity index (χ3v) is 2.60. The van der Waals surface area contributed by atoms with Crippen molar-refractivity contribution in [2.45, 2.75) is 6.92 Å². The van der Waals surface area contributed by atoms with Crippen LogP contribution in [0.25, 0.3) is 0 Å². The first-order valence-electron chi connectivity index (χ1n) is 4.47. The average Bonchev–Trinajstić information content (AvgIpc) is 2.07. The van der Waals surface area contributed by atoms with E-state index in [1.54, 1.807) is 13.0 Å². The second kappa shape index (κ2) is 4.53. The third-order valence-electron chi connectivity index (χ3n) is 1.65. The van der Waals surface area contributed by atoms with E-state index < -0.39 is 20.2 Å². The van der Waals surface area contributed by atoms with Crippen molar-refractivity contribution in [3.63, 3.8) is 0 Å². The maximum absolute atomic E-state index is 11.0. The lowest BCUT2D eigenvalue weighted by molar-refractivity contribution is 0.454. The van der Waals surface area contributed by atoms with Crippen LogP contribution < -0.4 is 8.37 Å². The molecule has 0 unspecified atom stereocenters. The number of benzene rings is 1. The van der Waals surface area contributed by atoms with E-state index in [1.807, 2.05) is 0 Å². The topological polar surface area (TPSA) is 86.7 Å². The van der Waals surface area contributed by atoms with E-state index in [0.29, 0.717) is 5.56 Å². The molecule has 1 rings (SSSR count). The number of para-hydroxylation sites is 1. The Bertz CT molecular complexity index is 615. The molecule has 0 bridgehead atoms. The van der Waals surface area contributed by atoms with Gasteiger partial charge >= 0.3 is 20.2 Å².